The minimum absolute atomic E-state index is 0.249. The molecule has 29 heavy (non-hydrogen) atoms. The van der Waals surface area contributed by atoms with Crippen LogP contribution in [0, 0.1) is 11.6 Å². The Balaban J connectivity index is 1.83. The Morgan fingerprint density at radius 1 is 0.897 bits per heavy atom. The molecule has 0 fully saturated rings. The third kappa shape index (κ3) is 4.60. The second-order valence-corrected chi connectivity index (χ2v) is 7.87. The molecule has 3 aromatic carbocycles. The van der Waals surface area contributed by atoms with Crippen molar-refractivity contribution in [2.75, 3.05) is 10.0 Å². The highest BCUT2D eigenvalue weighted by Gasteiger charge is 2.19. The fourth-order valence-electron chi connectivity index (χ4n) is 2.73. The number of benzene rings is 3. The molecule has 0 aromatic heterocycles. The predicted molar refractivity (Wildman–Crippen MR) is 107 cm³/mol. The number of carbonyl (C=O) groups is 1. The van der Waals surface area contributed by atoms with Crippen molar-refractivity contribution in [2.24, 2.45) is 0 Å². The van der Waals surface area contributed by atoms with Gasteiger partial charge in [-0.25, -0.2) is 17.2 Å². The molecule has 0 aliphatic carbocycles. The fraction of sp³-hybridized carbons (Fsp3) is 0.0952. The van der Waals surface area contributed by atoms with E-state index in [0.29, 0.717) is 12.1 Å². The van der Waals surface area contributed by atoms with Gasteiger partial charge in [0.2, 0.25) is 0 Å². The van der Waals surface area contributed by atoms with Crippen LogP contribution in [-0.4, -0.2) is 14.3 Å². The maximum absolute atomic E-state index is 14.4. The van der Waals surface area contributed by atoms with Crippen LogP contribution in [0.15, 0.2) is 71.6 Å². The van der Waals surface area contributed by atoms with Crippen LogP contribution in [-0.2, 0) is 16.4 Å². The summed E-state index contributed by atoms with van der Waals surface area (Å²) < 4.78 is 55.8. The molecule has 0 aliphatic heterocycles. The highest BCUT2D eigenvalue weighted by molar-refractivity contribution is 7.92. The van der Waals surface area contributed by atoms with Crippen LogP contribution in [0.1, 0.15) is 22.8 Å². The van der Waals surface area contributed by atoms with Crippen molar-refractivity contribution in [3.05, 3.63) is 89.5 Å². The quantitative estimate of drug-likeness (QED) is 0.618. The number of anilines is 2. The second kappa shape index (κ2) is 8.40. The molecule has 0 unspecified atom stereocenters. The average Bonchev–Trinajstić information content (AvgIpc) is 2.69. The SMILES string of the molecule is CCc1ccccc1NS(=O)(=O)c1ccc(NC(=O)c2ccccc2F)c(F)c1. The number of para-hydroxylation sites is 1. The normalized spacial score (nSPS) is 11.1. The minimum Gasteiger partial charge on any atom is -0.319 e. The summed E-state index contributed by atoms with van der Waals surface area (Å²) in [5, 5.41) is 2.24. The van der Waals surface area contributed by atoms with Gasteiger partial charge < -0.3 is 5.32 Å². The zero-order valence-electron chi connectivity index (χ0n) is 15.4. The summed E-state index contributed by atoms with van der Waals surface area (Å²) >= 11 is 0. The third-order valence-corrected chi connectivity index (χ3v) is 5.62. The van der Waals surface area contributed by atoms with Crippen LogP contribution in [0.3, 0.4) is 0 Å². The highest BCUT2D eigenvalue weighted by Crippen LogP contribution is 2.24. The van der Waals surface area contributed by atoms with Crippen LogP contribution in [0.25, 0.3) is 0 Å². The standard InChI is InChI=1S/C21H18F2N2O3S/c1-2-14-7-3-6-10-19(14)25-29(27,28)15-11-12-20(18(23)13-15)24-21(26)16-8-4-5-9-17(16)22/h3-13,25H,2H2,1H3,(H,24,26). The molecule has 0 radical (unpaired) electrons. The van der Waals surface area contributed by atoms with E-state index in [1.807, 2.05) is 6.92 Å². The summed E-state index contributed by atoms with van der Waals surface area (Å²) in [5.74, 6) is -2.54. The van der Waals surface area contributed by atoms with E-state index in [1.165, 1.54) is 18.2 Å². The lowest BCUT2D eigenvalue weighted by Gasteiger charge is -2.13. The predicted octanol–water partition coefficient (Wildman–Crippen LogP) is 4.58. The molecular formula is C21H18F2N2O3S. The van der Waals surface area contributed by atoms with Gasteiger partial charge in [0, 0.05) is 0 Å². The van der Waals surface area contributed by atoms with Crippen molar-refractivity contribution in [2.45, 2.75) is 18.2 Å². The zero-order chi connectivity index (χ0) is 21.0. The summed E-state index contributed by atoms with van der Waals surface area (Å²) in [7, 11) is -4.04. The van der Waals surface area contributed by atoms with Crippen molar-refractivity contribution >= 4 is 27.3 Å². The number of aryl methyl sites for hydroxylation is 1. The number of hydrogen-bond acceptors (Lipinski definition) is 3. The molecule has 0 heterocycles. The number of nitrogens with one attached hydrogen (secondary N) is 2. The lowest BCUT2D eigenvalue weighted by Crippen LogP contribution is -2.16. The summed E-state index contributed by atoms with van der Waals surface area (Å²) in [4.78, 5) is 11.8. The number of rotatable bonds is 6. The number of hydrogen-bond donors (Lipinski definition) is 2. The van der Waals surface area contributed by atoms with Crippen molar-refractivity contribution in [1.29, 1.82) is 0 Å². The van der Waals surface area contributed by atoms with E-state index in [9.17, 15) is 22.0 Å². The minimum atomic E-state index is -4.04. The van der Waals surface area contributed by atoms with Gasteiger partial charge in [0.05, 0.1) is 21.8 Å². The lowest BCUT2D eigenvalue weighted by atomic mass is 10.1. The van der Waals surface area contributed by atoms with E-state index in [0.717, 1.165) is 29.8 Å². The molecule has 150 valence electrons. The third-order valence-electron chi connectivity index (χ3n) is 4.26. The van der Waals surface area contributed by atoms with Gasteiger partial charge >= 0.3 is 0 Å². The van der Waals surface area contributed by atoms with Gasteiger partial charge in [0.15, 0.2) is 0 Å². The summed E-state index contributed by atoms with van der Waals surface area (Å²) in [6.45, 7) is 1.89. The van der Waals surface area contributed by atoms with Gasteiger partial charge in [-0.05, 0) is 48.4 Å². The number of carbonyl (C=O) groups excluding carboxylic acids is 1. The maximum atomic E-state index is 14.4. The smallest absolute Gasteiger partial charge is 0.262 e. The first-order valence-electron chi connectivity index (χ1n) is 8.78. The van der Waals surface area contributed by atoms with Crippen molar-refractivity contribution in [3.63, 3.8) is 0 Å². The van der Waals surface area contributed by atoms with Crippen LogP contribution in [0.2, 0.25) is 0 Å². The van der Waals surface area contributed by atoms with Gasteiger partial charge in [-0.15, -0.1) is 0 Å². The molecule has 8 heteroatoms. The summed E-state index contributed by atoms with van der Waals surface area (Å²) in [5.41, 5.74) is 0.699. The van der Waals surface area contributed by atoms with Crippen LogP contribution < -0.4 is 10.0 Å². The number of sulfonamides is 1. The molecule has 0 spiro atoms. The van der Waals surface area contributed by atoms with E-state index in [4.69, 9.17) is 0 Å². The molecule has 0 saturated carbocycles. The average molecular weight is 416 g/mol. The Morgan fingerprint density at radius 3 is 2.28 bits per heavy atom. The number of halogens is 2. The summed E-state index contributed by atoms with van der Waals surface area (Å²) in [6.07, 6.45) is 0.619. The van der Waals surface area contributed by atoms with Crippen LogP contribution >= 0.6 is 0 Å². The molecule has 0 saturated heterocycles. The molecule has 5 nitrogen and oxygen atoms in total. The first-order valence-corrected chi connectivity index (χ1v) is 10.3. The van der Waals surface area contributed by atoms with Crippen LogP contribution in [0.4, 0.5) is 20.2 Å². The fourth-order valence-corrected chi connectivity index (χ4v) is 3.84. The van der Waals surface area contributed by atoms with Crippen molar-refractivity contribution < 1.29 is 22.0 Å². The van der Waals surface area contributed by atoms with Gasteiger partial charge in [0.1, 0.15) is 11.6 Å². The van der Waals surface area contributed by atoms with Gasteiger partial charge in [-0.3, -0.25) is 9.52 Å². The molecular weight excluding hydrogens is 398 g/mol. The Morgan fingerprint density at radius 2 is 1.59 bits per heavy atom. The van der Waals surface area contributed by atoms with Gasteiger partial charge in [-0.2, -0.15) is 0 Å². The molecule has 0 bridgehead atoms. The Labute approximate surface area is 167 Å². The molecule has 0 atom stereocenters. The van der Waals surface area contributed by atoms with Gasteiger partial charge in [-0.1, -0.05) is 37.3 Å². The Kier molecular flexibility index (Phi) is 5.93. The van der Waals surface area contributed by atoms with E-state index in [2.05, 4.69) is 10.0 Å². The molecule has 0 aliphatic rings. The largest absolute Gasteiger partial charge is 0.319 e. The Hall–Kier alpha value is -3.26. The van der Waals surface area contributed by atoms with Crippen molar-refractivity contribution in [1.82, 2.24) is 0 Å². The topological polar surface area (TPSA) is 75.3 Å². The number of amides is 1. The van der Waals surface area contributed by atoms with Crippen LogP contribution in [0.5, 0.6) is 0 Å². The molecule has 1 amide bonds. The first-order chi connectivity index (χ1) is 13.8. The zero-order valence-corrected chi connectivity index (χ0v) is 16.3. The Bertz CT molecular complexity index is 1160. The monoisotopic (exact) mass is 416 g/mol. The molecule has 2 N–H and O–H groups in total. The maximum Gasteiger partial charge on any atom is 0.262 e. The highest BCUT2D eigenvalue weighted by atomic mass is 32.2. The first kappa shape index (κ1) is 20.5. The van der Waals surface area contributed by atoms with E-state index < -0.39 is 27.6 Å². The lowest BCUT2D eigenvalue weighted by molar-refractivity contribution is 0.102. The van der Waals surface area contributed by atoms with Gasteiger partial charge in [0.25, 0.3) is 15.9 Å². The van der Waals surface area contributed by atoms with E-state index in [1.54, 1.807) is 24.3 Å². The summed E-state index contributed by atoms with van der Waals surface area (Å²) in [6, 6.07) is 15.3. The molecule has 3 rings (SSSR count). The second-order valence-electron chi connectivity index (χ2n) is 6.19. The molecule has 3 aromatic rings. The van der Waals surface area contributed by atoms with Crippen molar-refractivity contribution in [3.8, 4) is 0 Å². The van der Waals surface area contributed by atoms with E-state index >= 15 is 0 Å². The van der Waals surface area contributed by atoms with E-state index in [-0.39, 0.29) is 16.1 Å².